The maximum absolute atomic E-state index is 5.56. The van der Waals surface area contributed by atoms with Crippen LogP contribution in [0.5, 0.6) is 0 Å². The summed E-state index contributed by atoms with van der Waals surface area (Å²) in [7, 11) is 0. The Kier molecular flexibility index (Phi) is 3.47. The Bertz CT molecular complexity index is 390. The molecule has 18 heavy (non-hydrogen) atoms. The third-order valence-electron chi connectivity index (χ3n) is 4.89. The second kappa shape index (κ2) is 5.08. The van der Waals surface area contributed by atoms with Gasteiger partial charge in [-0.15, -0.1) is 0 Å². The number of fused-ring (bicyclic) bond motifs is 1. The average molecular weight is 247 g/mol. The first-order valence-corrected chi connectivity index (χ1v) is 7.57. The van der Waals surface area contributed by atoms with Crippen LogP contribution in [0.25, 0.3) is 0 Å². The smallest absolute Gasteiger partial charge is 0.108 e. The van der Waals surface area contributed by atoms with Crippen LogP contribution in [0.1, 0.15) is 69.2 Å². The van der Waals surface area contributed by atoms with E-state index in [4.69, 9.17) is 4.42 Å². The van der Waals surface area contributed by atoms with Crippen LogP contribution in [0, 0.1) is 5.41 Å². The molecule has 0 amide bonds. The Morgan fingerprint density at radius 2 is 2.11 bits per heavy atom. The minimum atomic E-state index is 0.527. The highest BCUT2D eigenvalue weighted by Gasteiger charge is 2.29. The molecular weight excluding hydrogens is 222 g/mol. The predicted molar refractivity (Wildman–Crippen MR) is 73.6 cm³/mol. The lowest BCUT2D eigenvalue weighted by Gasteiger charge is -2.36. The maximum atomic E-state index is 5.56. The van der Waals surface area contributed by atoms with Crippen LogP contribution in [0.3, 0.4) is 0 Å². The molecule has 1 aromatic heterocycles. The van der Waals surface area contributed by atoms with Gasteiger partial charge in [-0.3, -0.25) is 0 Å². The molecule has 0 aliphatic heterocycles. The molecule has 2 heteroatoms. The zero-order chi connectivity index (χ0) is 12.4. The topological polar surface area (TPSA) is 25.2 Å². The van der Waals surface area contributed by atoms with Gasteiger partial charge in [0.2, 0.25) is 0 Å². The molecule has 0 aromatic carbocycles. The van der Waals surface area contributed by atoms with Crippen molar-refractivity contribution < 1.29 is 4.42 Å². The molecule has 1 aromatic rings. The monoisotopic (exact) mass is 247 g/mol. The van der Waals surface area contributed by atoms with E-state index in [9.17, 15) is 0 Å². The van der Waals surface area contributed by atoms with Crippen LogP contribution in [-0.4, -0.2) is 6.54 Å². The Morgan fingerprint density at radius 1 is 1.28 bits per heavy atom. The van der Waals surface area contributed by atoms with Crippen LogP contribution >= 0.6 is 0 Å². The lowest BCUT2D eigenvalue weighted by atomic mass is 9.75. The van der Waals surface area contributed by atoms with E-state index in [0.717, 1.165) is 6.42 Å². The maximum Gasteiger partial charge on any atom is 0.108 e. The highest BCUT2D eigenvalue weighted by atomic mass is 16.3. The summed E-state index contributed by atoms with van der Waals surface area (Å²) in [6, 6.07) is 2.70. The quantitative estimate of drug-likeness (QED) is 0.865. The molecule has 1 N–H and O–H groups in total. The highest BCUT2D eigenvalue weighted by Crippen LogP contribution is 2.37. The van der Waals surface area contributed by atoms with Crippen molar-refractivity contribution in [3.63, 3.8) is 0 Å². The zero-order valence-electron chi connectivity index (χ0n) is 11.5. The summed E-state index contributed by atoms with van der Waals surface area (Å²) in [6.45, 7) is 3.63. The number of hydrogen-bond acceptors (Lipinski definition) is 2. The van der Waals surface area contributed by atoms with E-state index in [1.54, 1.807) is 0 Å². The van der Waals surface area contributed by atoms with Gasteiger partial charge in [0.25, 0.3) is 0 Å². The summed E-state index contributed by atoms with van der Waals surface area (Å²) in [4.78, 5) is 0. The van der Waals surface area contributed by atoms with Gasteiger partial charge in [0, 0.05) is 24.6 Å². The van der Waals surface area contributed by atoms with Crippen molar-refractivity contribution >= 4 is 0 Å². The molecule has 2 aliphatic carbocycles. The Balaban J connectivity index is 1.61. The Hall–Kier alpha value is -0.760. The molecular formula is C16H25NO. The highest BCUT2D eigenvalue weighted by molar-refractivity contribution is 5.24. The van der Waals surface area contributed by atoms with E-state index < -0.39 is 0 Å². The van der Waals surface area contributed by atoms with Gasteiger partial charge >= 0.3 is 0 Å². The van der Waals surface area contributed by atoms with Gasteiger partial charge in [-0.2, -0.15) is 0 Å². The van der Waals surface area contributed by atoms with E-state index in [-0.39, 0.29) is 0 Å². The average Bonchev–Trinajstić information content (AvgIpc) is 2.86. The van der Waals surface area contributed by atoms with Crippen LogP contribution < -0.4 is 5.32 Å². The van der Waals surface area contributed by atoms with Crippen LogP contribution in [0.2, 0.25) is 0 Å². The third-order valence-corrected chi connectivity index (χ3v) is 4.89. The van der Waals surface area contributed by atoms with Crippen LogP contribution in [-0.2, 0) is 6.42 Å². The minimum absolute atomic E-state index is 0.527. The molecule has 1 atom stereocenters. The molecule has 3 rings (SSSR count). The van der Waals surface area contributed by atoms with Crippen molar-refractivity contribution in [1.82, 2.24) is 5.32 Å². The number of aryl methyl sites for hydroxylation is 1. The third kappa shape index (κ3) is 2.49. The lowest BCUT2D eigenvalue weighted by molar-refractivity contribution is 0.197. The molecule has 0 radical (unpaired) electrons. The van der Waals surface area contributed by atoms with Crippen LogP contribution in [0.4, 0.5) is 0 Å². The molecule has 1 unspecified atom stereocenters. The minimum Gasteiger partial charge on any atom is -0.469 e. The summed E-state index contributed by atoms with van der Waals surface area (Å²) in [5.74, 6) is 1.22. The predicted octanol–water partition coefficient (Wildman–Crippen LogP) is 4.22. The van der Waals surface area contributed by atoms with E-state index >= 15 is 0 Å². The van der Waals surface area contributed by atoms with Crippen molar-refractivity contribution in [3.8, 4) is 0 Å². The van der Waals surface area contributed by atoms with E-state index in [1.165, 1.54) is 62.8 Å². The van der Waals surface area contributed by atoms with Gasteiger partial charge in [-0.05, 0) is 37.2 Å². The van der Waals surface area contributed by atoms with Crippen molar-refractivity contribution in [1.29, 1.82) is 0 Å². The molecule has 1 heterocycles. The molecule has 0 spiro atoms. The molecule has 0 saturated heterocycles. The first-order valence-electron chi connectivity index (χ1n) is 7.57. The summed E-state index contributed by atoms with van der Waals surface area (Å²) in [5.41, 5.74) is 1.94. The number of rotatable bonds is 3. The normalized spacial score (nSPS) is 26.8. The molecule has 2 aliphatic rings. The number of hydrogen-bond donors (Lipinski definition) is 1. The van der Waals surface area contributed by atoms with E-state index in [1.807, 2.05) is 6.26 Å². The van der Waals surface area contributed by atoms with Gasteiger partial charge in [-0.1, -0.05) is 26.2 Å². The van der Waals surface area contributed by atoms with Gasteiger partial charge in [0.1, 0.15) is 5.76 Å². The molecule has 0 bridgehead atoms. The van der Waals surface area contributed by atoms with E-state index in [2.05, 4.69) is 18.3 Å². The van der Waals surface area contributed by atoms with Crippen molar-refractivity contribution in [2.75, 3.05) is 6.54 Å². The van der Waals surface area contributed by atoms with Gasteiger partial charge in [-0.25, -0.2) is 0 Å². The second-order valence-corrected chi connectivity index (χ2v) is 6.50. The molecule has 100 valence electrons. The lowest BCUT2D eigenvalue weighted by Crippen LogP contribution is -2.36. The zero-order valence-corrected chi connectivity index (χ0v) is 11.5. The molecule has 2 nitrogen and oxygen atoms in total. The van der Waals surface area contributed by atoms with Crippen molar-refractivity contribution in [3.05, 3.63) is 23.7 Å². The van der Waals surface area contributed by atoms with Crippen molar-refractivity contribution in [2.45, 2.75) is 64.3 Å². The standard InChI is InChI=1S/C16H25NO/c1-16(9-3-2-4-10-16)12-17-14-6-5-7-15-13(14)8-11-18-15/h8,11,14,17H,2-7,9-10,12H2,1H3. The fourth-order valence-electron chi connectivity index (χ4n) is 3.65. The summed E-state index contributed by atoms with van der Waals surface area (Å²) in [5, 5.41) is 3.81. The fraction of sp³-hybridized carbons (Fsp3) is 0.750. The SMILES string of the molecule is CC1(CNC2CCCc3occc32)CCCCC1. The first-order chi connectivity index (χ1) is 8.77. The Labute approximate surface area is 110 Å². The molecule has 1 saturated carbocycles. The summed E-state index contributed by atoms with van der Waals surface area (Å²) in [6.07, 6.45) is 12.6. The summed E-state index contributed by atoms with van der Waals surface area (Å²) >= 11 is 0. The molecule has 1 fully saturated rings. The van der Waals surface area contributed by atoms with Gasteiger partial charge in [0.05, 0.1) is 6.26 Å². The largest absolute Gasteiger partial charge is 0.469 e. The second-order valence-electron chi connectivity index (χ2n) is 6.50. The number of nitrogens with one attached hydrogen (secondary N) is 1. The number of furan rings is 1. The van der Waals surface area contributed by atoms with Gasteiger partial charge < -0.3 is 9.73 Å². The van der Waals surface area contributed by atoms with Crippen molar-refractivity contribution in [2.24, 2.45) is 5.41 Å². The van der Waals surface area contributed by atoms with E-state index in [0.29, 0.717) is 11.5 Å². The first kappa shape index (κ1) is 12.3. The Morgan fingerprint density at radius 3 is 2.94 bits per heavy atom. The van der Waals surface area contributed by atoms with Crippen LogP contribution in [0.15, 0.2) is 16.7 Å². The summed E-state index contributed by atoms with van der Waals surface area (Å²) < 4.78 is 5.56. The fourth-order valence-corrected chi connectivity index (χ4v) is 3.65. The van der Waals surface area contributed by atoms with Gasteiger partial charge in [0.15, 0.2) is 0 Å².